The van der Waals surface area contributed by atoms with Crippen molar-refractivity contribution in [3.05, 3.63) is 82.9 Å². The highest BCUT2D eigenvalue weighted by atomic mass is 32.2. The highest BCUT2D eigenvalue weighted by Crippen LogP contribution is 2.23. The number of benzene rings is 2. The van der Waals surface area contributed by atoms with Gasteiger partial charge in [-0.15, -0.1) is 0 Å². The maximum atomic E-state index is 13.0. The molecule has 0 bridgehead atoms. The number of nitro benzene ring substituents is 1. The highest BCUT2D eigenvalue weighted by Gasteiger charge is 2.30. The second kappa shape index (κ2) is 9.94. The Kier molecular flexibility index (Phi) is 7.63. The molecule has 0 spiro atoms. The molecule has 2 aromatic carbocycles. The summed E-state index contributed by atoms with van der Waals surface area (Å²) in [6, 6.07) is 13.1. The van der Waals surface area contributed by atoms with Crippen molar-refractivity contribution < 1.29 is 22.9 Å². The Bertz CT molecular complexity index is 958. The number of rotatable bonds is 10. The molecule has 0 radical (unpaired) electrons. The zero-order chi connectivity index (χ0) is 21.4. The van der Waals surface area contributed by atoms with Gasteiger partial charge in [-0.1, -0.05) is 43.0 Å². The van der Waals surface area contributed by atoms with Crippen LogP contribution >= 0.6 is 0 Å². The molecule has 0 saturated carbocycles. The molecule has 0 fully saturated rings. The Labute approximate surface area is 169 Å². The van der Waals surface area contributed by atoms with E-state index in [0.717, 1.165) is 22.0 Å². The van der Waals surface area contributed by atoms with Gasteiger partial charge in [-0.25, -0.2) is 8.42 Å². The third kappa shape index (κ3) is 5.97. The first-order valence-corrected chi connectivity index (χ1v) is 10.2. The summed E-state index contributed by atoms with van der Waals surface area (Å²) in [6.45, 7) is 3.52. The van der Waals surface area contributed by atoms with Crippen LogP contribution in [0.2, 0.25) is 0 Å². The van der Waals surface area contributed by atoms with Crippen molar-refractivity contribution in [1.29, 1.82) is 0 Å². The van der Waals surface area contributed by atoms with Crippen LogP contribution in [0.15, 0.2) is 72.1 Å². The fraction of sp³-hybridized carbons (Fsp3) is 0.250. The summed E-state index contributed by atoms with van der Waals surface area (Å²) >= 11 is 0. The number of esters is 1. The molecule has 29 heavy (non-hydrogen) atoms. The summed E-state index contributed by atoms with van der Waals surface area (Å²) in [4.78, 5) is 22.2. The van der Waals surface area contributed by atoms with Crippen molar-refractivity contribution in [2.24, 2.45) is 0 Å². The number of non-ortho nitro benzene ring substituents is 1. The molecule has 0 aliphatic rings. The Morgan fingerprint density at radius 2 is 1.83 bits per heavy atom. The number of nitrogens with zero attached hydrogens (tertiary/aromatic N) is 2. The number of hydrogen-bond donors (Lipinski definition) is 0. The van der Waals surface area contributed by atoms with Crippen LogP contribution in [0.5, 0.6) is 0 Å². The average Bonchev–Trinajstić information content (AvgIpc) is 2.72. The van der Waals surface area contributed by atoms with Gasteiger partial charge in [0.15, 0.2) is 0 Å². The van der Waals surface area contributed by atoms with Crippen molar-refractivity contribution in [3.8, 4) is 0 Å². The first-order chi connectivity index (χ1) is 13.8. The lowest BCUT2D eigenvalue weighted by molar-refractivity contribution is -0.384. The fourth-order valence-electron chi connectivity index (χ4n) is 2.72. The van der Waals surface area contributed by atoms with E-state index in [1.54, 1.807) is 0 Å². The monoisotopic (exact) mass is 418 g/mol. The first kappa shape index (κ1) is 22.3. The van der Waals surface area contributed by atoms with E-state index >= 15 is 0 Å². The molecule has 8 nitrogen and oxygen atoms in total. The molecule has 1 unspecified atom stereocenters. The molecule has 2 rings (SSSR count). The zero-order valence-corrected chi connectivity index (χ0v) is 16.7. The van der Waals surface area contributed by atoms with Gasteiger partial charge in [-0.3, -0.25) is 14.9 Å². The summed E-state index contributed by atoms with van der Waals surface area (Å²) in [7, 11) is -2.60. The Hall–Kier alpha value is -3.04. The highest BCUT2D eigenvalue weighted by molar-refractivity contribution is 7.89. The van der Waals surface area contributed by atoms with E-state index in [0.29, 0.717) is 6.42 Å². The van der Waals surface area contributed by atoms with E-state index in [-0.39, 0.29) is 23.6 Å². The van der Waals surface area contributed by atoms with Crippen LogP contribution < -0.4 is 0 Å². The summed E-state index contributed by atoms with van der Waals surface area (Å²) in [5.74, 6) is -0.545. The standard InChI is InChI=1S/C20H22N2O6S/c1-3-13-28-20(23)15-18(14-16-7-5-4-6-8-16)21(2)29(26,27)19-11-9-17(10-12-19)22(24)25/h3-12,18H,1,13-15H2,2H3. The normalized spacial score (nSPS) is 12.3. The van der Waals surface area contributed by atoms with Gasteiger partial charge in [0, 0.05) is 25.2 Å². The van der Waals surface area contributed by atoms with Crippen LogP contribution in [0, 0.1) is 10.1 Å². The zero-order valence-electron chi connectivity index (χ0n) is 15.9. The molecular weight excluding hydrogens is 396 g/mol. The second-order valence-corrected chi connectivity index (χ2v) is 8.29. The van der Waals surface area contributed by atoms with Crippen LogP contribution in [0.25, 0.3) is 0 Å². The van der Waals surface area contributed by atoms with Crippen LogP contribution in [0.1, 0.15) is 12.0 Å². The lowest BCUT2D eigenvalue weighted by Crippen LogP contribution is -2.40. The molecular formula is C20H22N2O6S. The molecule has 0 amide bonds. The minimum Gasteiger partial charge on any atom is -0.461 e. The van der Waals surface area contributed by atoms with Gasteiger partial charge < -0.3 is 4.74 Å². The molecule has 0 heterocycles. The first-order valence-electron chi connectivity index (χ1n) is 8.78. The number of carbonyl (C=O) groups excluding carboxylic acids is 1. The van der Waals surface area contributed by atoms with E-state index < -0.39 is 27.0 Å². The Morgan fingerprint density at radius 1 is 1.21 bits per heavy atom. The number of likely N-dealkylation sites (N-methyl/N-ethyl adjacent to an activating group) is 1. The number of nitro groups is 1. The average molecular weight is 418 g/mol. The van der Waals surface area contributed by atoms with Crippen LogP contribution in [-0.2, 0) is 26.0 Å². The minimum absolute atomic E-state index is 0.0374. The third-order valence-electron chi connectivity index (χ3n) is 4.32. The predicted molar refractivity (Wildman–Crippen MR) is 108 cm³/mol. The molecule has 0 aromatic heterocycles. The van der Waals surface area contributed by atoms with Gasteiger partial charge in [0.05, 0.1) is 16.2 Å². The molecule has 0 aliphatic heterocycles. The van der Waals surface area contributed by atoms with E-state index in [1.807, 2.05) is 30.3 Å². The molecule has 0 saturated heterocycles. The van der Waals surface area contributed by atoms with Crippen LogP contribution in [0.3, 0.4) is 0 Å². The van der Waals surface area contributed by atoms with E-state index in [4.69, 9.17) is 4.74 Å². The minimum atomic E-state index is -3.98. The van der Waals surface area contributed by atoms with Gasteiger partial charge in [0.25, 0.3) is 5.69 Å². The summed E-state index contributed by atoms with van der Waals surface area (Å²) < 4.78 is 32.2. The number of sulfonamides is 1. The fourth-order valence-corrected chi connectivity index (χ4v) is 4.08. The molecule has 0 aliphatic carbocycles. The SMILES string of the molecule is C=CCOC(=O)CC(Cc1ccccc1)N(C)S(=O)(=O)c1ccc([N+](=O)[O-])cc1. The lowest BCUT2D eigenvalue weighted by Gasteiger charge is -2.27. The smallest absolute Gasteiger partial charge is 0.307 e. The Morgan fingerprint density at radius 3 is 2.38 bits per heavy atom. The molecule has 0 N–H and O–H groups in total. The largest absolute Gasteiger partial charge is 0.461 e. The number of carbonyl (C=O) groups is 1. The van der Waals surface area contributed by atoms with Crippen molar-refractivity contribution in [3.63, 3.8) is 0 Å². The van der Waals surface area contributed by atoms with Gasteiger partial charge >= 0.3 is 5.97 Å². The molecule has 1 atom stereocenters. The second-order valence-electron chi connectivity index (χ2n) is 6.29. The van der Waals surface area contributed by atoms with E-state index in [1.165, 1.54) is 25.3 Å². The van der Waals surface area contributed by atoms with Crippen LogP contribution in [0.4, 0.5) is 5.69 Å². The summed E-state index contributed by atoms with van der Waals surface area (Å²) in [5.41, 5.74) is 0.653. The predicted octanol–water partition coefficient (Wildman–Crippen LogP) is 2.95. The number of hydrogen-bond acceptors (Lipinski definition) is 6. The topological polar surface area (TPSA) is 107 Å². The molecule has 9 heteroatoms. The van der Waals surface area contributed by atoms with Gasteiger partial charge in [0.2, 0.25) is 10.0 Å². The third-order valence-corrected chi connectivity index (χ3v) is 6.24. The van der Waals surface area contributed by atoms with Crippen molar-refractivity contribution >= 4 is 21.7 Å². The van der Waals surface area contributed by atoms with E-state index in [9.17, 15) is 23.3 Å². The van der Waals surface area contributed by atoms with Crippen molar-refractivity contribution in [1.82, 2.24) is 4.31 Å². The van der Waals surface area contributed by atoms with Crippen molar-refractivity contribution in [2.75, 3.05) is 13.7 Å². The van der Waals surface area contributed by atoms with Crippen LogP contribution in [-0.4, -0.2) is 43.3 Å². The summed E-state index contributed by atoms with van der Waals surface area (Å²) in [5, 5.41) is 10.8. The van der Waals surface area contributed by atoms with Gasteiger partial charge in [0.1, 0.15) is 6.61 Å². The molecule has 2 aromatic rings. The van der Waals surface area contributed by atoms with Gasteiger partial charge in [-0.2, -0.15) is 4.31 Å². The number of ether oxygens (including phenoxy) is 1. The van der Waals surface area contributed by atoms with Crippen molar-refractivity contribution in [2.45, 2.75) is 23.8 Å². The Balaban J connectivity index is 2.30. The van der Waals surface area contributed by atoms with E-state index in [2.05, 4.69) is 6.58 Å². The summed E-state index contributed by atoms with van der Waals surface area (Å²) in [6.07, 6.45) is 1.58. The maximum absolute atomic E-state index is 13.0. The quantitative estimate of drug-likeness (QED) is 0.254. The maximum Gasteiger partial charge on any atom is 0.307 e. The lowest BCUT2D eigenvalue weighted by atomic mass is 10.0. The molecule has 154 valence electrons. The van der Waals surface area contributed by atoms with Gasteiger partial charge in [-0.05, 0) is 24.1 Å².